The molecule has 0 aliphatic rings. The van der Waals surface area contributed by atoms with Gasteiger partial charge in [-0.2, -0.15) is 0 Å². The summed E-state index contributed by atoms with van der Waals surface area (Å²) < 4.78 is 5.07. The molecule has 0 unspecified atom stereocenters. The molecule has 19 heavy (non-hydrogen) atoms. The van der Waals surface area contributed by atoms with Gasteiger partial charge in [0.05, 0.1) is 12.1 Å². The number of ether oxygens (including phenoxy) is 1. The second-order valence-corrected chi connectivity index (χ2v) is 4.64. The number of hydrogen-bond donors (Lipinski definition) is 0. The Morgan fingerprint density at radius 1 is 1.11 bits per heavy atom. The zero-order valence-corrected chi connectivity index (χ0v) is 11.7. The number of rotatable bonds is 4. The fourth-order valence-corrected chi connectivity index (χ4v) is 2.12. The second kappa shape index (κ2) is 5.89. The lowest BCUT2D eigenvalue weighted by atomic mass is 10.0. The van der Waals surface area contributed by atoms with Gasteiger partial charge in [0, 0.05) is 11.1 Å². The van der Waals surface area contributed by atoms with Crippen LogP contribution in [0.25, 0.3) is 0 Å². The molecule has 0 aromatic heterocycles. The number of benzene rings is 2. The van der Waals surface area contributed by atoms with Gasteiger partial charge in [0.2, 0.25) is 0 Å². The molecule has 0 atom stereocenters. The second-order valence-electron chi connectivity index (χ2n) is 4.23. The molecule has 2 aromatic carbocycles. The van der Waals surface area contributed by atoms with Crippen LogP contribution in [0.4, 0.5) is 0 Å². The Balaban J connectivity index is 2.30. The predicted molar refractivity (Wildman–Crippen MR) is 77.3 cm³/mol. The molecule has 2 nitrogen and oxygen atoms in total. The minimum atomic E-state index is -0.0350. The van der Waals surface area contributed by atoms with Crippen LogP contribution in [0, 0.1) is 0 Å². The van der Waals surface area contributed by atoms with E-state index in [1.165, 1.54) is 5.56 Å². The summed E-state index contributed by atoms with van der Waals surface area (Å²) in [5, 5.41) is 0.443. The third-order valence-corrected chi connectivity index (χ3v) is 3.33. The van der Waals surface area contributed by atoms with Gasteiger partial charge in [-0.1, -0.05) is 42.8 Å². The lowest BCUT2D eigenvalue weighted by molar-refractivity contribution is 0.103. The van der Waals surface area contributed by atoms with Gasteiger partial charge in [-0.3, -0.25) is 4.79 Å². The number of aryl methyl sites for hydroxylation is 1. The standard InChI is InChI=1S/C16H15ClO2/c1-3-11-4-6-12(7-5-11)16(18)13-8-9-15(19-2)14(17)10-13/h4-10H,3H2,1-2H3. The maximum atomic E-state index is 12.3. The largest absolute Gasteiger partial charge is 0.495 e. The average molecular weight is 275 g/mol. The summed E-state index contributed by atoms with van der Waals surface area (Å²) in [6, 6.07) is 12.7. The van der Waals surface area contributed by atoms with E-state index in [2.05, 4.69) is 6.92 Å². The van der Waals surface area contributed by atoms with Crippen LogP contribution in [-0.2, 0) is 6.42 Å². The van der Waals surface area contributed by atoms with E-state index in [1.807, 2.05) is 24.3 Å². The summed E-state index contributed by atoms with van der Waals surface area (Å²) in [5.74, 6) is 0.534. The molecule has 0 amide bonds. The third kappa shape index (κ3) is 2.96. The first-order valence-electron chi connectivity index (χ1n) is 6.13. The van der Waals surface area contributed by atoms with E-state index in [1.54, 1.807) is 25.3 Å². The Bertz CT molecular complexity index is 588. The fourth-order valence-electron chi connectivity index (χ4n) is 1.87. The molecule has 0 N–H and O–H groups in total. The topological polar surface area (TPSA) is 26.3 Å². The summed E-state index contributed by atoms with van der Waals surface area (Å²) in [4.78, 5) is 12.3. The highest BCUT2D eigenvalue weighted by molar-refractivity contribution is 6.32. The van der Waals surface area contributed by atoms with Crippen LogP contribution in [0.2, 0.25) is 5.02 Å². The van der Waals surface area contributed by atoms with Crippen molar-refractivity contribution in [1.29, 1.82) is 0 Å². The Hall–Kier alpha value is -1.80. The van der Waals surface area contributed by atoms with Crippen molar-refractivity contribution in [3.8, 4) is 5.75 Å². The van der Waals surface area contributed by atoms with E-state index in [4.69, 9.17) is 16.3 Å². The number of carbonyl (C=O) groups excluding carboxylic acids is 1. The number of halogens is 1. The smallest absolute Gasteiger partial charge is 0.193 e. The highest BCUT2D eigenvalue weighted by Gasteiger charge is 2.11. The lowest BCUT2D eigenvalue weighted by Crippen LogP contribution is -2.01. The zero-order chi connectivity index (χ0) is 13.8. The maximum absolute atomic E-state index is 12.3. The van der Waals surface area contributed by atoms with E-state index in [-0.39, 0.29) is 5.78 Å². The van der Waals surface area contributed by atoms with Crippen LogP contribution in [0.1, 0.15) is 28.4 Å². The van der Waals surface area contributed by atoms with Gasteiger partial charge in [0.25, 0.3) is 0 Å². The molecule has 0 fully saturated rings. The Morgan fingerprint density at radius 3 is 2.26 bits per heavy atom. The summed E-state index contributed by atoms with van der Waals surface area (Å²) in [6.45, 7) is 2.08. The number of ketones is 1. The maximum Gasteiger partial charge on any atom is 0.193 e. The van der Waals surface area contributed by atoms with Gasteiger partial charge >= 0.3 is 0 Å². The van der Waals surface area contributed by atoms with E-state index in [0.29, 0.717) is 21.9 Å². The zero-order valence-electron chi connectivity index (χ0n) is 10.9. The molecule has 2 rings (SSSR count). The van der Waals surface area contributed by atoms with Gasteiger partial charge in [0.15, 0.2) is 5.78 Å². The van der Waals surface area contributed by atoms with Crippen molar-refractivity contribution in [2.45, 2.75) is 13.3 Å². The molecule has 0 radical (unpaired) electrons. The quantitative estimate of drug-likeness (QED) is 0.783. The molecule has 0 aliphatic heterocycles. The van der Waals surface area contributed by atoms with E-state index in [0.717, 1.165) is 6.42 Å². The Morgan fingerprint density at radius 2 is 1.74 bits per heavy atom. The summed E-state index contributed by atoms with van der Waals surface area (Å²) in [5.41, 5.74) is 2.44. The van der Waals surface area contributed by atoms with Crippen molar-refractivity contribution in [2.75, 3.05) is 7.11 Å². The van der Waals surface area contributed by atoms with Crippen molar-refractivity contribution >= 4 is 17.4 Å². The Labute approximate surface area is 118 Å². The van der Waals surface area contributed by atoms with Gasteiger partial charge < -0.3 is 4.74 Å². The van der Waals surface area contributed by atoms with Crippen LogP contribution in [-0.4, -0.2) is 12.9 Å². The number of methoxy groups -OCH3 is 1. The summed E-state index contributed by atoms with van der Waals surface area (Å²) in [6.07, 6.45) is 0.961. The van der Waals surface area contributed by atoms with Crippen LogP contribution < -0.4 is 4.74 Å². The van der Waals surface area contributed by atoms with Crippen molar-refractivity contribution in [3.05, 3.63) is 64.2 Å². The first-order valence-corrected chi connectivity index (χ1v) is 6.50. The molecule has 0 saturated carbocycles. The van der Waals surface area contributed by atoms with Crippen LogP contribution in [0.3, 0.4) is 0 Å². The first kappa shape index (κ1) is 13.6. The molecule has 98 valence electrons. The molecular weight excluding hydrogens is 260 g/mol. The molecule has 0 saturated heterocycles. The third-order valence-electron chi connectivity index (χ3n) is 3.04. The molecule has 2 aromatic rings. The fraction of sp³-hybridized carbons (Fsp3) is 0.188. The van der Waals surface area contributed by atoms with Gasteiger partial charge in [-0.15, -0.1) is 0 Å². The number of hydrogen-bond acceptors (Lipinski definition) is 2. The minimum Gasteiger partial charge on any atom is -0.495 e. The molecule has 3 heteroatoms. The van der Waals surface area contributed by atoms with Crippen molar-refractivity contribution in [2.24, 2.45) is 0 Å². The van der Waals surface area contributed by atoms with Crippen LogP contribution in [0.5, 0.6) is 5.75 Å². The number of carbonyl (C=O) groups is 1. The lowest BCUT2D eigenvalue weighted by Gasteiger charge is -2.06. The molecule has 0 bridgehead atoms. The van der Waals surface area contributed by atoms with Crippen LogP contribution in [0.15, 0.2) is 42.5 Å². The van der Waals surface area contributed by atoms with Crippen LogP contribution >= 0.6 is 11.6 Å². The molecule has 0 spiro atoms. The average Bonchev–Trinajstić information content (AvgIpc) is 2.46. The highest BCUT2D eigenvalue weighted by Crippen LogP contribution is 2.26. The van der Waals surface area contributed by atoms with Gasteiger partial charge in [-0.05, 0) is 30.2 Å². The monoisotopic (exact) mass is 274 g/mol. The highest BCUT2D eigenvalue weighted by atomic mass is 35.5. The SMILES string of the molecule is CCc1ccc(C(=O)c2ccc(OC)c(Cl)c2)cc1. The first-order chi connectivity index (χ1) is 9.15. The van der Waals surface area contributed by atoms with Crippen molar-refractivity contribution < 1.29 is 9.53 Å². The van der Waals surface area contributed by atoms with Crippen molar-refractivity contribution in [3.63, 3.8) is 0 Å². The minimum absolute atomic E-state index is 0.0350. The Kier molecular flexibility index (Phi) is 4.23. The van der Waals surface area contributed by atoms with E-state index >= 15 is 0 Å². The molecule has 0 heterocycles. The van der Waals surface area contributed by atoms with E-state index < -0.39 is 0 Å². The summed E-state index contributed by atoms with van der Waals surface area (Å²) >= 11 is 6.03. The molecule has 0 aliphatic carbocycles. The van der Waals surface area contributed by atoms with Gasteiger partial charge in [-0.25, -0.2) is 0 Å². The van der Waals surface area contributed by atoms with Crippen molar-refractivity contribution in [1.82, 2.24) is 0 Å². The van der Waals surface area contributed by atoms with Gasteiger partial charge in [0.1, 0.15) is 5.75 Å². The molecular formula is C16H15ClO2. The normalized spacial score (nSPS) is 10.3. The van der Waals surface area contributed by atoms with E-state index in [9.17, 15) is 4.79 Å². The summed E-state index contributed by atoms with van der Waals surface area (Å²) in [7, 11) is 1.55. The predicted octanol–water partition coefficient (Wildman–Crippen LogP) is 4.14.